The average Bonchev–Trinajstić information content (AvgIpc) is 2.78. The first-order chi connectivity index (χ1) is 9.58. The van der Waals surface area contributed by atoms with Gasteiger partial charge in [-0.2, -0.15) is 5.10 Å². The zero-order valence-corrected chi connectivity index (χ0v) is 12.8. The van der Waals surface area contributed by atoms with Gasteiger partial charge in [-0.1, -0.05) is 0 Å². The molecule has 2 rings (SSSR count). The molecule has 0 aliphatic heterocycles. The lowest BCUT2D eigenvalue weighted by Crippen LogP contribution is -2.19. The molecular weight excluding hydrogens is 324 g/mol. The van der Waals surface area contributed by atoms with Crippen LogP contribution in [0.15, 0.2) is 34.9 Å². The smallest absolute Gasteiger partial charge is 0.324 e. The van der Waals surface area contributed by atoms with E-state index < -0.39 is 0 Å². The number of urea groups is 1. The SMILES string of the molecule is CCOc1ccc(NC(=O)Nc2ccn(C)n2)cc1Br. The van der Waals surface area contributed by atoms with E-state index in [9.17, 15) is 4.79 Å². The zero-order chi connectivity index (χ0) is 14.5. The molecule has 0 saturated carbocycles. The predicted octanol–water partition coefficient (Wildman–Crippen LogP) is 3.23. The van der Waals surface area contributed by atoms with Crippen LogP contribution in [0.5, 0.6) is 5.75 Å². The molecule has 0 atom stereocenters. The summed E-state index contributed by atoms with van der Waals surface area (Å²) in [6.45, 7) is 2.50. The van der Waals surface area contributed by atoms with E-state index in [-0.39, 0.29) is 6.03 Å². The number of carbonyl (C=O) groups is 1. The molecule has 20 heavy (non-hydrogen) atoms. The molecule has 0 unspecified atom stereocenters. The van der Waals surface area contributed by atoms with Gasteiger partial charge < -0.3 is 10.1 Å². The third-order valence-corrected chi connectivity index (χ3v) is 3.06. The Bertz CT molecular complexity index is 612. The number of nitrogens with one attached hydrogen (secondary N) is 2. The maximum atomic E-state index is 11.8. The second-order valence-corrected chi connectivity index (χ2v) is 4.89. The van der Waals surface area contributed by atoms with E-state index in [4.69, 9.17) is 4.74 Å². The van der Waals surface area contributed by atoms with Crippen LogP contribution in [-0.2, 0) is 7.05 Å². The van der Waals surface area contributed by atoms with E-state index in [1.54, 1.807) is 42.2 Å². The largest absolute Gasteiger partial charge is 0.493 e. The van der Waals surface area contributed by atoms with E-state index in [1.165, 1.54) is 0 Å². The van der Waals surface area contributed by atoms with Gasteiger partial charge in [0.2, 0.25) is 0 Å². The van der Waals surface area contributed by atoms with Crippen LogP contribution in [0.25, 0.3) is 0 Å². The maximum absolute atomic E-state index is 11.8. The fraction of sp³-hybridized carbons (Fsp3) is 0.231. The van der Waals surface area contributed by atoms with E-state index in [2.05, 4.69) is 31.7 Å². The third-order valence-electron chi connectivity index (χ3n) is 2.44. The summed E-state index contributed by atoms with van der Waals surface area (Å²) in [5, 5.41) is 9.43. The number of anilines is 2. The molecule has 1 heterocycles. The highest BCUT2D eigenvalue weighted by Gasteiger charge is 2.07. The van der Waals surface area contributed by atoms with E-state index in [0.29, 0.717) is 18.1 Å². The number of halogens is 1. The summed E-state index contributed by atoms with van der Waals surface area (Å²) in [5.41, 5.74) is 0.661. The zero-order valence-electron chi connectivity index (χ0n) is 11.2. The number of ether oxygens (including phenoxy) is 1. The van der Waals surface area contributed by atoms with Crippen molar-refractivity contribution in [2.45, 2.75) is 6.92 Å². The molecule has 0 radical (unpaired) electrons. The van der Waals surface area contributed by atoms with Crippen molar-refractivity contribution >= 4 is 33.5 Å². The van der Waals surface area contributed by atoms with Crippen LogP contribution < -0.4 is 15.4 Å². The lowest BCUT2D eigenvalue weighted by Gasteiger charge is -2.09. The Morgan fingerprint density at radius 2 is 2.20 bits per heavy atom. The van der Waals surface area contributed by atoms with Crippen molar-refractivity contribution in [2.75, 3.05) is 17.2 Å². The minimum Gasteiger partial charge on any atom is -0.493 e. The van der Waals surface area contributed by atoms with Crippen LogP contribution in [0.3, 0.4) is 0 Å². The number of amides is 2. The van der Waals surface area contributed by atoms with Crippen molar-refractivity contribution in [3.8, 4) is 5.75 Å². The number of rotatable bonds is 4. The number of nitrogens with zero attached hydrogens (tertiary/aromatic N) is 2. The first-order valence-corrected chi connectivity index (χ1v) is 6.88. The minimum absolute atomic E-state index is 0.347. The fourth-order valence-corrected chi connectivity index (χ4v) is 2.10. The lowest BCUT2D eigenvalue weighted by molar-refractivity contribution is 0.262. The summed E-state index contributed by atoms with van der Waals surface area (Å²) in [5.74, 6) is 1.23. The summed E-state index contributed by atoms with van der Waals surface area (Å²) in [7, 11) is 1.78. The molecule has 106 valence electrons. The van der Waals surface area contributed by atoms with Crippen molar-refractivity contribution in [3.05, 3.63) is 34.9 Å². The molecule has 6 nitrogen and oxygen atoms in total. The van der Waals surface area contributed by atoms with E-state index >= 15 is 0 Å². The van der Waals surface area contributed by atoms with Gasteiger partial charge in [0.05, 0.1) is 11.1 Å². The van der Waals surface area contributed by atoms with Crippen molar-refractivity contribution in [1.82, 2.24) is 9.78 Å². The normalized spacial score (nSPS) is 10.2. The van der Waals surface area contributed by atoms with Crippen LogP contribution in [0.1, 0.15) is 6.92 Å². The summed E-state index contributed by atoms with van der Waals surface area (Å²) in [4.78, 5) is 11.8. The lowest BCUT2D eigenvalue weighted by atomic mass is 10.3. The Morgan fingerprint density at radius 1 is 1.40 bits per heavy atom. The molecule has 2 amide bonds. The summed E-state index contributed by atoms with van der Waals surface area (Å²) < 4.78 is 7.81. The standard InChI is InChI=1S/C13H15BrN4O2/c1-3-20-11-5-4-9(8-10(11)14)15-13(19)16-12-6-7-18(2)17-12/h4-8H,3H2,1-2H3,(H2,15,16,17,19). The van der Waals surface area contributed by atoms with E-state index in [0.717, 1.165) is 10.2 Å². The fourth-order valence-electron chi connectivity index (χ4n) is 1.61. The number of aromatic nitrogens is 2. The second-order valence-electron chi connectivity index (χ2n) is 4.03. The topological polar surface area (TPSA) is 68.2 Å². The van der Waals surface area contributed by atoms with Gasteiger partial charge in [-0.05, 0) is 41.1 Å². The van der Waals surface area contributed by atoms with E-state index in [1.807, 2.05) is 6.92 Å². The Balaban J connectivity index is 1.99. The maximum Gasteiger partial charge on any atom is 0.324 e. The molecule has 2 N–H and O–H groups in total. The van der Waals surface area contributed by atoms with Gasteiger partial charge in [0.15, 0.2) is 5.82 Å². The molecule has 0 fully saturated rings. The molecule has 0 aliphatic rings. The molecule has 1 aromatic heterocycles. The van der Waals surface area contributed by atoms with Crippen molar-refractivity contribution in [3.63, 3.8) is 0 Å². The molecule has 1 aromatic carbocycles. The van der Waals surface area contributed by atoms with Gasteiger partial charge in [0.25, 0.3) is 0 Å². The predicted molar refractivity (Wildman–Crippen MR) is 81.2 cm³/mol. The highest BCUT2D eigenvalue weighted by atomic mass is 79.9. The Morgan fingerprint density at radius 3 is 2.80 bits per heavy atom. The Labute approximate surface area is 125 Å². The number of hydrogen-bond acceptors (Lipinski definition) is 3. The van der Waals surface area contributed by atoms with Gasteiger partial charge in [-0.15, -0.1) is 0 Å². The van der Waals surface area contributed by atoms with Crippen LogP contribution in [0.4, 0.5) is 16.3 Å². The summed E-state index contributed by atoms with van der Waals surface area (Å²) in [6.07, 6.45) is 1.75. The number of carbonyl (C=O) groups excluding carboxylic acids is 1. The van der Waals surface area contributed by atoms with Crippen LogP contribution in [0.2, 0.25) is 0 Å². The van der Waals surface area contributed by atoms with Gasteiger partial charge >= 0.3 is 6.03 Å². The quantitative estimate of drug-likeness (QED) is 0.899. The molecule has 0 aliphatic carbocycles. The first-order valence-electron chi connectivity index (χ1n) is 6.08. The highest BCUT2D eigenvalue weighted by Crippen LogP contribution is 2.28. The molecule has 0 spiro atoms. The average molecular weight is 339 g/mol. The monoisotopic (exact) mass is 338 g/mol. The molecule has 7 heteroatoms. The van der Waals surface area contributed by atoms with Crippen molar-refractivity contribution < 1.29 is 9.53 Å². The summed E-state index contributed by atoms with van der Waals surface area (Å²) in [6, 6.07) is 6.72. The number of aryl methyl sites for hydroxylation is 1. The highest BCUT2D eigenvalue weighted by molar-refractivity contribution is 9.10. The first kappa shape index (κ1) is 14.4. The van der Waals surface area contributed by atoms with Crippen molar-refractivity contribution in [2.24, 2.45) is 7.05 Å². The van der Waals surface area contributed by atoms with Crippen LogP contribution >= 0.6 is 15.9 Å². The van der Waals surface area contributed by atoms with Gasteiger partial charge in [-0.25, -0.2) is 4.79 Å². The van der Waals surface area contributed by atoms with Gasteiger partial charge in [-0.3, -0.25) is 10.00 Å². The molecule has 0 bridgehead atoms. The number of hydrogen-bond donors (Lipinski definition) is 2. The van der Waals surface area contributed by atoms with Crippen molar-refractivity contribution in [1.29, 1.82) is 0 Å². The van der Waals surface area contributed by atoms with Crippen LogP contribution in [0, 0.1) is 0 Å². The molecular formula is C13H15BrN4O2. The van der Waals surface area contributed by atoms with Crippen LogP contribution in [-0.4, -0.2) is 22.4 Å². The Kier molecular flexibility index (Phi) is 4.62. The number of benzene rings is 1. The Hall–Kier alpha value is -2.02. The second kappa shape index (κ2) is 6.42. The summed E-state index contributed by atoms with van der Waals surface area (Å²) >= 11 is 3.40. The molecule has 2 aromatic rings. The van der Waals surface area contributed by atoms with Gasteiger partial charge in [0.1, 0.15) is 5.75 Å². The van der Waals surface area contributed by atoms with Gasteiger partial charge in [0, 0.05) is 25.0 Å². The third kappa shape index (κ3) is 3.74. The minimum atomic E-state index is -0.347. The molecule has 0 saturated heterocycles.